The molecule has 2 saturated heterocycles. The van der Waals surface area contributed by atoms with E-state index in [0.29, 0.717) is 12.8 Å². The molecule has 0 saturated carbocycles. The minimum Gasteiger partial charge on any atom is -0.465 e. The molecule has 11 nitrogen and oxygen atoms in total. The maximum absolute atomic E-state index is 13.2. The summed E-state index contributed by atoms with van der Waals surface area (Å²) in [6.07, 6.45) is 6.32. The van der Waals surface area contributed by atoms with Crippen molar-refractivity contribution in [2.45, 2.75) is 36.6 Å². The Labute approximate surface area is 222 Å². The first-order chi connectivity index (χ1) is 18.2. The van der Waals surface area contributed by atoms with Gasteiger partial charge in [0.25, 0.3) is 5.91 Å². The van der Waals surface area contributed by atoms with E-state index in [4.69, 9.17) is 9.47 Å². The number of hydrogen-bond donors (Lipinski definition) is 2. The molecule has 1 aromatic carbocycles. The zero-order valence-electron chi connectivity index (χ0n) is 20.9. The van der Waals surface area contributed by atoms with E-state index in [2.05, 4.69) is 10.6 Å². The lowest BCUT2D eigenvalue weighted by Crippen LogP contribution is -2.51. The van der Waals surface area contributed by atoms with Gasteiger partial charge < -0.3 is 20.1 Å². The van der Waals surface area contributed by atoms with Gasteiger partial charge in [0.1, 0.15) is 24.6 Å². The number of piperidine rings is 1. The third-order valence-electron chi connectivity index (χ3n) is 6.96. The van der Waals surface area contributed by atoms with Crippen LogP contribution in [0.4, 0.5) is 4.39 Å². The van der Waals surface area contributed by atoms with Gasteiger partial charge >= 0.3 is 0 Å². The molecule has 2 N–H and O–H groups in total. The maximum Gasteiger partial charge on any atom is 0.290 e. The lowest BCUT2D eigenvalue weighted by Gasteiger charge is -2.34. The SMILES string of the molecule is O=C(NC(CCCS(=O)(=O)N1CCN(S(=O)(=O)c2ccc(F)cc2)CC1)C1CCNCC1)C1=COC=CO1. The number of halogens is 1. The number of benzene rings is 1. The molecular weight excluding hydrogens is 539 g/mol. The number of rotatable bonds is 10. The Balaban J connectivity index is 1.31. The molecule has 0 aliphatic carbocycles. The number of piperazine rings is 1. The monoisotopic (exact) mass is 572 g/mol. The van der Waals surface area contributed by atoms with Gasteiger partial charge in [0.05, 0.1) is 10.6 Å². The van der Waals surface area contributed by atoms with E-state index in [1.54, 1.807) is 0 Å². The maximum atomic E-state index is 13.2. The number of ether oxygens (including phenoxy) is 2. The van der Waals surface area contributed by atoms with E-state index < -0.39 is 31.8 Å². The Morgan fingerprint density at radius 2 is 1.68 bits per heavy atom. The van der Waals surface area contributed by atoms with Crippen molar-refractivity contribution in [1.82, 2.24) is 19.2 Å². The van der Waals surface area contributed by atoms with Crippen LogP contribution in [-0.2, 0) is 34.3 Å². The van der Waals surface area contributed by atoms with Crippen molar-refractivity contribution in [2.75, 3.05) is 45.0 Å². The van der Waals surface area contributed by atoms with Gasteiger partial charge in [-0.1, -0.05) is 0 Å². The molecule has 2 fully saturated rings. The molecule has 1 aromatic rings. The molecule has 0 bridgehead atoms. The van der Waals surface area contributed by atoms with Crippen LogP contribution in [0.25, 0.3) is 0 Å². The molecule has 14 heteroatoms. The van der Waals surface area contributed by atoms with Gasteiger partial charge in [0.2, 0.25) is 25.8 Å². The minimum absolute atomic E-state index is 0.0122. The van der Waals surface area contributed by atoms with E-state index in [1.807, 2.05) is 0 Å². The molecular formula is C24H33FN4O7S2. The van der Waals surface area contributed by atoms with Gasteiger partial charge in [-0.05, 0) is 69.0 Å². The molecule has 4 rings (SSSR count). The second-order valence-corrected chi connectivity index (χ2v) is 13.4. The molecule has 3 aliphatic rings. The Kier molecular flexibility index (Phi) is 9.41. The van der Waals surface area contributed by atoms with Crippen molar-refractivity contribution in [2.24, 2.45) is 5.92 Å². The number of hydrogen-bond acceptors (Lipinski definition) is 8. The highest BCUT2D eigenvalue weighted by atomic mass is 32.2. The quantitative estimate of drug-likeness (QED) is 0.426. The van der Waals surface area contributed by atoms with Crippen molar-refractivity contribution >= 4 is 26.0 Å². The fourth-order valence-corrected chi connectivity index (χ4v) is 7.77. The molecule has 38 heavy (non-hydrogen) atoms. The van der Waals surface area contributed by atoms with Crippen LogP contribution in [0.1, 0.15) is 25.7 Å². The number of carbonyl (C=O) groups excluding carboxylic acids is 1. The van der Waals surface area contributed by atoms with Crippen molar-refractivity contribution in [3.63, 3.8) is 0 Å². The topological polar surface area (TPSA) is 134 Å². The predicted molar refractivity (Wildman–Crippen MR) is 137 cm³/mol. The predicted octanol–water partition coefficient (Wildman–Crippen LogP) is 1.09. The second kappa shape index (κ2) is 12.6. The first-order valence-corrected chi connectivity index (χ1v) is 15.6. The zero-order valence-corrected chi connectivity index (χ0v) is 22.6. The first-order valence-electron chi connectivity index (χ1n) is 12.6. The molecule has 210 valence electrons. The number of nitrogens with one attached hydrogen (secondary N) is 2. The van der Waals surface area contributed by atoms with Crippen LogP contribution in [0, 0.1) is 11.7 Å². The summed E-state index contributed by atoms with van der Waals surface area (Å²) >= 11 is 0. The van der Waals surface area contributed by atoms with Gasteiger partial charge in [-0.25, -0.2) is 21.2 Å². The molecule has 0 radical (unpaired) electrons. The van der Waals surface area contributed by atoms with Crippen molar-refractivity contribution in [3.05, 3.63) is 54.6 Å². The summed E-state index contributed by atoms with van der Waals surface area (Å²) in [5.41, 5.74) is 0. The summed E-state index contributed by atoms with van der Waals surface area (Å²) in [6.45, 7) is 1.75. The third-order valence-corrected chi connectivity index (χ3v) is 10.8. The number of amides is 1. The molecule has 1 amide bonds. The second-order valence-electron chi connectivity index (χ2n) is 9.39. The fourth-order valence-electron chi connectivity index (χ4n) is 4.84. The fraction of sp³-hybridized carbons (Fsp3) is 0.542. The van der Waals surface area contributed by atoms with E-state index in [-0.39, 0.29) is 54.5 Å². The Bertz CT molecular complexity index is 1240. The molecule has 1 unspecified atom stereocenters. The van der Waals surface area contributed by atoms with Crippen LogP contribution in [0.3, 0.4) is 0 Å². The highest BCUT2D eigenvalue weighted by Crippen LogP contribution is 2.23. The molecule has 1 atom stereocenters. The smallest absolute Gasteiger partial charge is 0.290 e. The third kappa shape index (κ3) is 7.11. The van der Waals surface area contributed by atoms with Crippen molar-refractivity contribution in [3.8, 4) is 0 Å². The standard InChI is InChI=1S/C24H33FN4O7S2/c25-20-3-5-21(6-4-20)38(33,34)29-13-11-28(12-14-29)37(31,32)17-1-2-22(19-7-9-26-10-8-19)27-24(30)23-18-35-15-16-36-23/h3-6,15-16,18-19,22,26H,1-2,7-14,17H2,(H,27,30). The van der Waals surface area contributed by atoms with Crippen molar-refractivity contribution in [1.29, 1.82) is 0 Å². The highest BCUT2D eigenvalue weighted by Gasteiger charge is 2.33. The summed E-state index contributed by atoms with van der Waals surface area (Å²) in [6, 6.07) is 4.33. The van der Waals surface area contributed by atoms with Crippen LogP contribution >= 0.6 is 0 Å². The lowest BCUT2D eigenvalue weighted by atomic mass is 9.87. The average Bonchev–Trinajstić information content (AvgIpc) is 2.93. The van der Waals surface area contributed by atoms with Gasteiger partial charge in [-0.2, -0.15) is 8.61 Å². The van der Waals surface area contributed by atoms with Crippen LogP contribution in [0.5, 0.6) is 0 Å². The van der Waals surface area contributed by atoms with Gasteiger partial charge in [0, 0.05) is 32.2 Å². The molecule has 3 heterocycles. The van der Waals surface area contributed by atoms with Gasteiger partial charge in [-0.15, -0.1) is 0 Å². The summed E-state index contributed by atoms with van der Waals surface area (Å²) < 4.78 is 77.7. The molecule has 0 aromatic heterocycles. The Morgan fingerprint density at radius 1 is 1.03 bits per heavy atom. The van der Waals surface area contributed by atoms with Crippen LogP contribution in [-0.4, -0.2) is 82.4 Å². The number of nitrogens with zero attached hydrogens (tertiary/aromatic N) is 2. The van der Waals surface area contributed by atoms with Crippen LogP contribution in [0.15, 0.2) is 53.7 Å². The molecule has 0 spiro atoms. The average molecular weight is 573 g/mol. The van der Waals surface area contributed by atoms with Gasteiger partial charge in [-0.3, -0.25) is 4.79 Å². The number of carbonyl (C=O) groups is 1. The Morgan fingerprint density at radius 3 is 2.32 bits per heavy atom. The van der Waals surface area contributed by atoms with Crippen LogP contribution in [0.2, 0.25) is 0 Å². The highest BCUT2D eigenvalue weighted by molar-refractivity contribution is 7.89. The summed E-state index contributed by atoms with van der Waals surface area (Å²) in [5.74, 6) is -0.831. The van der Waals surface area contributed by atoms with Crippen molar-refractivity contribution < 1.29 is 35.5 Å². The molecule has 3 aliphatic heterocycles. The lowest BCUT2D eigenvalue weighted by molar-refractivity contribution is -0.121. The van der Waals surface area contributed by atoms with E-state index in [1.165, 1.54) is 39.5 Å². The van der Waals surface area contributed by atoms with E-state index in [9.17, 15) is 26.0 Å². The van der Waals surface area contributed by atoms with Crippen LogP contribution < -0.4 is 10.6 Å². The largest absolute Gasteiger partial charge is 0.465 e. The first kappa shape index (κ1) is 28.5. The summed E-state index contributed by atoms with van der Waals surface area (Å²) in [4.78, 5) is 12.6. The zero-order chi connectivity index (χ0) is 27.2. The summed E-state index contributed by atoms with van der Waals surface area (Å²) in [7, 11) is -7.46. The van der Waals surface area contributed by atoms with E-state index >= 15 is 0 Å². The Hall–Kier alpha value is -2.52. The number of sulfonamides is 2. The van der Waals surface area contributed by atoms with Gasteiger partial charge in [0.15, 0.2) is 0 Å². The minimum atomic E-state index is -3.84. The normalized spacial score (nSPS) is 20.7. The van der Waals surface area contributed by atoms with E-state index in [0.717, 1.165) is 38.1 Å². The summed E-state index contributed by atoms with van der Waals surface area (Å²) in [5, 5.41) is 6.28.